The number of aryl methyl sites for hydroxylation is 3. The molecule has 1 saturated heterocycles. The molecule has 136 valence electrons. The van der Waals surface area contributed by atoms with Crippen LogP contribution in [0.5, 0.6) is 0 Å². The highest BCUT2D eigenvalue weighted by Gasteiger charge is 2.28. The van der Waals surface area contributed by atoms with Gasteiger partial charge in [0.05, 0.1) is 23.1 Å². The number of carbonyl (C=O) groups excluding carboxylic acids is 1. The summed E-state index contributed by atoms with van der Waals surface area (Å²) in [6, 6.07) is 6.18. The van der Waals surface area contributed by atoms with E-state index in [2.05, 4.69) is 29.2 Å². The van der Waals surface area contributed by atoms with Crippen molar-refractivity contribution in [2.75, 3.05) is 13.1 Å². The lowest BCUT2D eigenvalue weighted by molar-refractivity contribution is -0.131. The van der Waals surface area contributed by atoms with Crippen molar-refractivity contribution in [3.63, 3.8) is 0 Å². The topological polar surface area (TPSA) is 75.0 Å². The number of para-hydroxylation sites is 1. The van der Waals surface area contributed by atoms with E-state index in [1.54, 1.807) is 0 Å². The molecule has 1 unspecified atom stereocenters. The van der Waals surface area contributed by atoms with Gasteiger partial charge in [-0.1, -0.05) is 17.3 Å². The van der Waals surface area contributed by atoms with Crippen LogP contribution >= 0.6 is 0 Å². The summed E-state index contributed by atoms with van der Waals surface area (Å²) in [5.74, 6) is 2.11. The van der Waals surface area contributed by atoms with E-state index in [0.29, 0.717) is 13.0 Å². The number of benzene rings is 1. The Bertz CT molecular complexity index is 937. The first kappa shape index (κ1) is 16.8. The molecule has 1 aliphatic heterocycles. The summed E-state index contributed by atoms with van der Waals surface area (Å²) in [5, 5.41) is 3.95. The number of piperidine rings is 1. The number of imidazole rings is 1. The molecular weight excluding hydrogens is 328 g/mol. The summed E-state index contributed by atoms with van der Waals surface area (Å²) in [4.78, 5) is 23.0. The molecule has 0 bridgehead atoms. The molecule has 0 radical (unpaired) electrons. The number of amides is 1. The molecule has 4 rings (SSSR count). The Morgan fingerprint density at radius 1 is 1.35 bits per heavy atom. The number of hydrogen-bond donors (Lipinski definition) is 1. The smallest absolute Gasteiger partial charge is 0.227 e. The van der Waals surface area contributed by atoms with Crippen molar-refractivity contribution in [2.24, 2.45) is 0 Å². The summed E-state index contributed by atoms with van der Waals surface area (Å²) in [6.45, 7) is 7.33. The van der Waals surface area contributed by atoms with Crippen LogP contribution in [0.15, 0.2) is 22.7 Å². The van der Waals surface area contributed by atoms with Gasteiger partial charge in [-0.15, -0.1) is 0 Å². The molecule has 1 aliphatic rings. The molecular formula is C20H24N4O2. The Morgan fingerprint density at radius 2 is 2.19 bits per heavy atom. The van der Waals surface area contributed by atoms with Gasteiger partial charge in [-0.3, -0.25) is 4.79 Å². The van der Waals surface area contributed by atoms with Gasteiger partial charge in [0, 0.05) is 24.6 Å². The van der Waals surface area contributed by atoms with Gasteiger partial charge in [-0.25, -0.2) is 4.98 Å². The molecule has 26 heavy (non-hydrogen) atoms. The number of rotatable bonds is 3. The van der Waals surface area contributed by atoms with E-state index >= 15 is 0 Å². The minimum Gasteiger partial charge on any atom is -0.361 e. The zero-order valence-electron chi connectivity index (χ0n) is 15.5. The maximum Gasteiger partial charge on any atom is 0.227 e. The SMILES string of the molecule is Cc1noc(C)c1CC(=O)N1CCCC(c2nc3c(C)cccc3[nH]2)C1. The van der Waals surface area contributed by atoms with Crippen LogP contribution in [0.2, 0.25) is 0 Å². The van der Waals surface area contributed by atoms with E-state index in [4.69, 9.17) is 9.51 Å². The van der Waals surface area contributed by atoms with Crippen LogP contribution in [0.3, 0.4) is 0 Å². The van der Waals surface area contributed by atoms with Crippen LogP contribution in [0.25, 0.3) is 11.0 Å². The van der Waals surface area contributed by atoms with Crippen molar-refractivity contribution in [1.82, 2.24) is 20.0 Å². The fourth-order valence-electron chi connectivity index (χ4n) is 3.83. The third-order valence-corrected chi connectivity index (χ3v) is 5.40. The number of aromatic nitrogens is 3. The average molecular weight is 352 g/mol. The monoisotopic (exact) mass is 352 g/mol. The van der Waals surface area contributed by atoms with Crippen LogP contribution in [-0.2, 0) is 11.2 Å². The third kappa shape index (κ3) is 3.00. The van der Waals surface area contributed by atoms with E-state index < -0.39 is 0 Å². The number of fused-ring (bicyclic) bond motifs is 1. The molecule has 1 atom stereocenters. The van der Waals surface area contributed by atoms with Crippen molar-refractivity contribution in [3.05, 3.63) is 46.6 Å². The molecule has 2 aromatic heterocycles. The molecule has 0 saturated carbocycles. The standard InChI is InChI=1S/C20H24N4O2/c1-12-6-4-8-17-19(12)22-20(21-17)15-7-5-9-24(11-15)18(25)10-16-13(2)23-26-14(16)3/h4,6,8,15H,5,7,9-11H2,1-3H3,(H,21,22). The van der Waals surface area contributed by atoms with Crippen LogP contribution in [-0.4, -0.2) is 39.0 Å². The van der Waals surface area contributed by atoms with Crippen molar-refractivity contribution in [2.45, 2.75) is 46.0 Å². The summed E-state index contributed by atoms with van der Waals surface area (Å²) in [6.07, 6.45) is 2.40. The van der Waals surface area contributed by atoms with Gasteiger partial charge in [0.15, 0.2) is 0 Å². The summed E-state index contributed by atoms with van der Waals surface area (Å²) in [5.41, 5.74) is 4.99. The number of nitrogens with one attached hydrogen (secondary N) is 1. The Labute approximate surface area is 152 Å². The summed E-state index contributed by atoms with van der Waals surface area (Å²) < 4.78 is 5.18. The average Bonchev–Trinajstić information content (AvgIpc) is 3.21. The van der Waals surface area contributed by atoms with Gasteiger partial charge in [-0.05, 0) is 45.2 Å². The van der Waals surface area contributed by atoms with Crippen molar-refractivity contribution in [1.29, 1.82) is 0 Å². The van der Waals surface area contributed by atoms with Gasteiger partial charge in [-0.2, -0.15) is 0 Å². The molecule has 1 amide bonds. The highest BCUT2D eigenvalue weighted by molar-refractivity contribution is 5.80. The zero-order valence-corrected chi connectivity index (χ0v) is 15.5. The quantitative estimate of drug-likeness (QED) is 0.784. The minimum atomic E-state index is 0.136. The van der Waals surface area contributed by atoms with E-state index in [-0.39, 0.29) is 11.8 Å². The molecule has 1 fully saturated rings. The Hall–Kier alpha value is -2.63. The molecule has 6 heteroatoms. The van der Waals surface area contributed by atoms with Crippen molar-refractivity contribution in [3.8, 4) is 0 Å². The van der Waals surface area contributed by atoms with Gasteiger partial charge < -0.3 is 14.4 Å². The highest BCUT2D eigenvalue weighted by atomic mass is 16.5. The second-order valence-corrected chi connectivity index (χ2v) is 7.25. The second kappa shape index (κ2) is 6.59. The number of likely N-dealkylation sites (tertiary alicyclic amines) is 1. The van der Waals surface area contributed by atoms with Gasteiger partial charge >= 0.3 is 0 Å². The summed E-state index contributed by atoms with van der Waals surface area (Å²) >= 11 is 0. The van der Waals surface area contributed by atoms with Crippen molar-refractivity contribution >= 4 is 16.9 Å². The predicted molar refractivity (Wildman–Crippen MR) is 99.1 cm³/mol. The zero-order chi connectivity index (χ0) is 18.3. The lowest BCUT2D eigenvalue weighted by atomic mass is 9.96. The van der Waals surface area contributed by atoms with Gasteiger partial charge in [0.25, 0.3) is 0 Å². The molecule has 1 N–H and O–H groups in total. The Balaban J connectivity index is 1.51. The molecule has 0 aliphatic carbocycles. The summed E-state index contributed by atoms with van der Waals surface area (Å²) in [7, 11) is 0. The molecule has 3 heterocycles. The number of nitrogens with zero attached hydrogens (tertiary/aromatic N) is 3. The number of hydrogen-bond acceptors (Lipinski definition) is 4. The lowest BCUT2D eigenvalue weighted by Gasteiger charge is -2.32. The van der Waals surface area contributed by atoms with Crippen LogP contribution < -0.4 is 0 Å². The van der Waals surface area contributed by atoms with Gasteiger partial charge in [0.1, 0.15) is 11.6 Å². The Kier molecular flexibility index (Phi) is 4.26. The van der Waals surface area contributed by atoms with Crippen LogP contribution in [0.4, 0.5) is 0 Å². The lowest BCUT2D eigenvalue weighted by Crippen LogP contribution is -2.40. The van der Waals surface area contributed by atoms with E-state index in [0.717, 1.165) is 53.3 Å². The number of carbonyl (C=O) groups is 1. The van der Waals surface area contributed by atoms with E-state index in [1.165, 1.54) is 5.56 Å². The molecule has 3 aromatic rings. The Morgan fingerprint density at radius 3 is 2.92 bits per heavy atom. The second-order valence-electron chi connectivity index (χ2n) is 7.25. The van der Waals surface area contributed by atoms with E-state index in [9.17, 15) is 4.79 Å². The first-order valence-electron chi connectivity index (χ1n) is 9.17. The van der Waals surface area contributed by atoms with E-state index in [1.807, 2.05) is 24.8 Å². The fraction of sp³-hybridized carbons (Fsp3) is 0.450. The molecule has 1 aromatic carbocycles. The normalized spacial score (nSPS) is 17.8. The first-order chi connectivity index (χ1) is 12.5. The highest BCUT2D eigenvalue weighted by Crippen LogP contribution is 2.28. The van der Waals surface area contributed by atoms with Crippen LogP contribution in [0, 0.1) is 20.8 Å². The largest absolute Gasteiger partial charge is 0.361 e. The maximum absolute atomic E-state index is 12.8. The van der Waals surface area contributed by atoms with Crippen LogP contribution in [0.1, 0.15) is 47.2 Å². The first-order valence-corrected chi connectivity index (χ1v) is 9.17. The van der Waals surface area contributed by atoms with Crippen molar-refractivity contribution < 1.29 is 9.32 Å². The molecule has 6 nitrogen and oxygen atoms in total. The van der Waals surface area contributed by atoms with Gasteiger partial charge in [0.2, 0.25) is 5.91 Å². The maximum atomic E-state index is 12.8. The third-order valence-electron chi connectivity index (χ3n) is 5.40. The number of aromatic amines is 1. The fourth-order valence-corrected chi connectivity index (χ4v) is 3.83. The molecule has 0 spiro atoms. The minimum absolute atomic E-state index is 0.136. The predicted octanol–water partition coefficient (Wildman–Crippen LogP) is 3.42. The number of H-pyrrole nitrogens is 1.